The molecule has 0 fully saturated rings. The van der Waals surface area contributed by atoms with Crippen molar-refractivity contribution in [3.05, 3.63) is 10.6 Å². The topological polar surface area (TPSA) is 38.4 Å². The second-order valence-electron chi connectivity index (χ2n) is 1.67. The molecule has 2 N–H and O–H groups in total. The zero-order valence-corrected chi connectivity index (χ0v) is 5.93. The lowest BCUT2D eigenvalue weighted by Crippen LogP contribution is -2.17. The van der Waals surface area contributed by atoms with Crippen molar-refractivity contribution < 1.29 is 0 Å². The van der Waals surface area contributed by atoms with Crippen LogP contribution in [0.3, 0.4) is 0 Å². The predicted molar refractivity (Wildman–Crippen MR) is 38.1 cm³/mol. The molecule has 1 atom stereocenters. The molecule has 2 nitrogen and oxygen atoms in total. The number of nitrogens with zero attached hydrogens (tertiary/aromatic N) is 1. The fraction of sp³-hybridized carbons (Fsp3) is 0.400. The molecule has 44 valence electrons. The predicted octanol–water partition coefficient (Wildman–Crippen LogP) is 1.02. The van der Waals surface area contributed by atoms with Gasteiger partial charge >= 0.3 is 0 Å². The standard InChI is InChI=1S/C5H7BrN2/c6-4-1-2-5(7)8-3-4/h1,3,5H,2,7H2. The summed E-state index contributed by atoms with van der Waals surface area (Å²) in [6.45, 7) is 0. The maximum Gasteiger partial charge on any atom is 0.100 e. The van der Waals surface area contributed by atoms with Gasteiger partial charge in [0.15, 0.2) is 0 Å². The average molecular weight is 175 g/mol. The minimum absolute atomic E-state index is 0.0173. The number of hydrogen-bond acceptors (Lipinski definition) is 2. The van der Waals surface area contributed by atoms with E-state index in [1.165, 1.54) is 0 Å². The normalized spacial score (nSPS) is 27.8. The Bertz CT molecular complexity index is 139. The number of dihydropyridines is 1. The summed E-state index contributed by atoms with van der Waals surface area (Å²) in [7, 11) is 0. The maximum absolute atomic E-state index is 5.43. The van der Waals surface area contributed by atoms with Crippen LogP contribution in [0.2, 0.25) is 0 Å². The average Bonchev–Trinajstić information content (AvgIpc) is 1.77. The van der Waals surface area contributed by atoms with Gasteiger partial charge < -0.3 is 5.73 Å². The SMILES string of the molecule is NC1CC=C(Br)C=N1. The van der Waals surface area contributed by atoms with Gasteiger partial charge in [0.25, 0.3) is 0 Å². The highest BCUT2D eigenvalue weighted by atomic mass is 79.9. The van der Waals surface area contributed by atoms with Gasteiger partial charge in [0.1, 0.15) is 6.17 Å². The summed E-state index contributed by atoms with van der Waals surface area (Å²) in [6, 6.07) is 0. The first-order valence-electron chi connectivity index (χ1n) is 2.43. The Morgan fingerprint density at radius 2 is 2.62 bits per heavy atom. The number of aliphatic imine (C=N–C) groups is 1. The molecule has 0 amide bonds. The lowest BCUT2D eigenvalue weighted by Gasteiger charge is -2.05. The van der Waals surface area contributed by atoms with Crippen molar-refractivity contribution in [2.45, 2.75) is 12.6 Å². The van der Waals surface area contributed by atoms with Gasteiger partial charge in [-0.2, -0.15) is 0 Å². The molecule has 0 aromatic carbocycles. The van der Waals surface area contributed by atoms with E-state index in [0.717, 1.165) is 10.9 Å². The summed E-state index contributed by atoms with van der Waals surface area (Å²) in [5.74, 6) is 0. The van der Waals surface area contributed by atoms with E-state index in [-0.39, 0.29) is 6.17 Å². The fourth-order valence-corrected chi connectivity index (χ4v) is 0.819. The first-order chi connectivity index (χ1) is 3.79. The smallest absolute Gasteiger partial charge is 0.100 e. The second kappa shape index (κ2) is 2.42. The minimum Gasteiger partial charge on any atom is -0.309 e. The first kappa shape index (κ1) is 5.98. The molecule has 0 bridgehead atoms. The van der Waals surface area contributed by atoms with Gasteiger partial charge in [-0.3, -0.25) is 4.99 Å². The van der Waals surface area contributed by atoms with E-state index in [1.54, 1.807) is 6.21 Å². The molecule has 1 aliphatic rings. The third-order valence-corrected chi connectivity index (χ3v) is 1.47. The number of halogens is 1. The number of allylic oxidation sites excluding steroid dienone is 1. The van der Waals surface area contributed by atoms with Gasteiger partial charge in [0.2, 0.25) is 0 Å². The largest absolute Gasteiger partial charge is 0.309 e. The van der Waals surface area contributed by atoms with Gasteiger partial charge in [-0.05, 0) is 15.9 Å². The van der Waals surface area contributed by atoms with Gasteiger partial charge in [-0.1, -0.05) is 6.08 Å². The van der Waals surface area contributed by atoms with Gasteiger partial charge in [-0.25, -0.2) is 0 Å². The van der Waals surface area contributed by atoms with E-state index in [2.05, 4.69) is 20.9 Å². The van der Waals surface area contributed by atoms with Crippen LogP contribution < -0.4 is 5.73 Å². The summed E-state index contributed by atoms with van der Waals surface area (Å²) < 4.78 is 1.03. The highest BCUT2D eigenvalue weighted by Crippen LogP contribution is 2.09. The van der Waals surface area contributed by atoms with Crippen LogP contribution in [-0.2, 0) is 0 Å². The van der Waals surface area contributed by atoms with Crippen LogP contribution in [-0.4, -0.2) is 12.4 Å². The van der Waals surface area contributed by atoms with Crippen LogP contribution in [0.1, 0.15) is 6.42 Å². The summed E-state index contributed by atoms with van der Waals surface area (Å²) in [4.78, 5) is 3.95. The van der Waals surface area contributed by atoms with Crippen LogP contribution >= 0.6 is 15.9 Å². The van der Waals surface area contributed by atoms with Gasteiger partial charge in [0, 0.05) is 17.1 Å². The van der Waals surface area contributed by atoms with Crippen molar-refractivity contribution in [2.75, 3.05) is 0 Å². The maximum atomic E-state index is 5.43. The summed E-state index contributed by atoms with van der Waals surface area (Å²) >= 11 is 3.27. The van der Waals surface area contributed by atoms with E-state index in [1.807, 2.05) is 6.08 Å². The third kappa shape index (κ3) is 1.42. The van der Waals surface area contributed by atoms with E-state index in [0.29, 0.717) is 0 Å². The Labute approximate surface area is 56.6 Å². The molecule has 0 aromatic heterocycles. The Hall–Kier alpha value is -0.150. The van der Waals surface area contributed by atoms with Crippen molar-refractivity contribution in [3.8, 4) is 0 Å². The highest BCUT2D eigenvalue weighted by molar-refractivity contribution is 9.12. The second-order valence-corrected chi connectivity index (χ2v) is 2.59. The zero-order chi connectivity index (χ0) is 5.98. The van der Waals surface area contributed by atoms with Crippen molar-refractivity contribution in [3.63, 3.8) is 0 Å². The number of rotatable bonds is 0. The molecule has 1 rings (SSSR count). The summed E-state index contributed by atoms with van der Waals surface area (Å²) in [5.41, 5.74) is 5.43. The van der Waals surface area contributed by atoms with E-state index in [4.69, 9.17) is 5.73 Å². The molecular weight excluding hydrogens is 168 g/mol. The lowest BCUT2D eigenvalue weighted by molar-refractivity contribution is 0.720. The van der Waals surface area contributed by atoms with E-state index in [9.17, 15) is 0 Å². The van der Waals surface area contributed by atoms with Crippen molar-refractivity contribution >= 4 is 22.1 Å². The summed E-state index contributed by atoms with van der Waals surface area (Å²) in [5, 5.41) is 0. The number of nitrogens with two attached hydrogens (primary N) is 1. The molecule has 1 heterocycles. The number of hydrogen-bond donors (Lipinski definition) is 1. The molecule has 0 spiro atoms. The lowest BCUT2D eigenvalue weighted by atomic mass is 10.3. The molecule has 8 heavy (non-hydrogen) atoms. The Morgan fingerprint density at radius 1 is 1.88 bits per heavy atom. The first-order valence-corrected chi connectivity index (χ1v) is 3.23. The van der Waals surface area contributed by atoms with Gasteiger partial charge in [0.05, 0.1) is 0 Å². The van der Waals surface area contributed by atoms with Crippen LogP contribution in [0.15, 0.2) is 15.6 Å². The summed E-state index contributed by atoms with van der Waals surface area (Å²) in [6.07, 6.45) is 4.57. The molecule has 0 aliphatic carbocycles. The van der Waals surface area contributed by atoms with Crippen LogP contribution in [0.4, 0.5) is 0 Å². The molecule has 3 heteroatoms. The molecular formula is C5H7BrN2. The Kier molecular flexibility index (Phi) is 1.81. The van der Waals surface area contributed by atoms with E-state index < -0.39 is 0 Å². The minimum atomic E-state index is -0.0173. The van der Waals surface area contributed by atoms with Crippen LogP contribution in [0, 0.1) is 0 Å². The fourth-order valence-electron chi connectivity index (χ4n) is 0.514. The quantitative estimate of drug-likeness (QED) is 0.586. The van der Waals surface area contributed by atoms with Crippen molar-refractivity contribution in [1.82, 2.24) is 0 Å². The van der Waals surface area contributed by atoms with Crippen molar-refractivity contribution in [2.24, 2.45) is 10.7 Å². The van der Waals surface area contributed by atoms with Crippen molar-refractivity contribution in [1.29, 1.82) is 0 Å². The molecule has 0 saturated carbocycles. The van der Waals surface area contributed by atoms with E-state index >= 15 is 0 Å². The van der Waals surface area contributed by atoms with Crippen LogP contribution in [0.25, 0.3) is 0 Å². The monoisotopic (exact) mass is 174 g/mol. The molecule has 1 unspecified atom stereocenters. The van der Waals surface area contributed by atoms with Gasteiger partial charge in [-0.15, -0.1) is 0 Å². The molecule has 0 aromatic rings. The molecule has 0 radical (unpaired) electrons. The van der Waals surface area contributed by atoms with Crippen LogP contribution in [0.5, 0.6) is 0 Å². The molecule has 1 aliphatic heterocycles. The highest BCUT2D eigenvalue weighted by Gasteiger charge is 2.00. The Balaban J connectivity index is 2.58. The zero-order valence-electron chi connectivity index (χ0n) is 4.34. The third-order valence-electron chi connectivity index (χ3n) is 0.944. The Morgan fingerprint density at radius 3 is 3.00 bits per heavy atom. The molecule has 0 saturated heterocycles.